The number of halogens is 2. The number of aryl methyl sites for hydroxylation is 2. The molecule has 5 nitrogen and oxygen atoms in total. The quantitative estimate of drug-likeness (QED) is 0.713. The summed E-state index contributed by atoms with van der Waals surface area (Å²) in [5.41, 5.74) is 2.45. The maximum Gasteiger partial charge on any atom is 0.282 e. The summed E-state index contributed by atoms with van der Waals surface area (Å²) < 4.78 is 32.7. The van der Waals surface area contributed by atoms with Crippen molar-refractivity contribution < 1.29 is 18.3 Å². The average molecular weight is 371 g/mol. The standard InChI is InChI=1S/C20H19F2N3O2/c1-12-10-13(8-9-17(12)27-3)14-6-4-5-7-16(14)23-20(26)15-11-25(2)24-18(15)19(21)22/h4-11,19H,1-3H3,(H,23,26). The molecule has 3 aromatic rings. The number of aromatic nitrogens is 2. The number of benzene rings is 2. The van der Waals surface area contributed by atoms with Gasteiger partial charge >= 0.3 is 0 Å². The molecule has 1 amide bonds. The Balaban J connectivity index is 1.95. The van der Waals surface area contributed by atoms with Crippen molar-refractivity contribution in [2.24, 2.45) is 7.05 Å². The number of hydrogen-bond donors (Lipinski definition) is 1. The summed E-state index contributed by atoms with van der Waals surface area (Å²) in [6.45, 7) is 1.92. The number of para-hydroxylation sites is 1. The molecule has 0 atom stereocenters. The maximum atomic E-state index is 13.1. The zero-order valence-corrected chi connectivity index (χ0v) is 15.2. The first kappa shape index (κ1) is 18.6. The molecule has 0 bridgehead atoms. The number of alkyl halides is 2. The Morgan fingerprint density at radius 3 is 2.63 bits per heavy atom. The largest absolute Gasteiger partial charge is 0.496 e. The van der Waals surface area contributed by atoms with Crippen LogP contribution in [0.2, 0.25) is 0 Å². The number of hydrogen-bond acceptors (Lipinski definition) is 3. The van der Waals surface area contributed by atoms with E-state index in [0.29, 0.717) is 5.69 Å². The van der Waals surface area contributed by atoms with Gasteiger partial charge in [-0.15, -0.1) is 0 Å². The van der Waals surface area contributed by atoms with E-state index in [2.05, 4.69) is 10.4 Å². The Morgan fingerprint density at radius 1 is 1.22 bits per heavy atom. The molecular weight excluding hydrogens is 352 g/mol. The lowest BCUT2D eigenvalue weighted by molar-refractivity contribution is 0.101. The van der Waals surface area contributed by atoms with Crippen LogP contribution in [0.25, 0.3) is 11.1 Å². The first-order valence-corrected chi connectivity index (χ1v) is 8.27. The zero-order valence-electron chi connectivity index (χ0n) is 15.2. The molecule has 0 unspecified atom stereocenters. The first-order chi connectivity index (χ1) is 12.9. The average Bonchev–Trinajstić information content (AvgIpc) is 3.04. The number of anilines is 1. The van der Waals surface area contributed by atoms with Gasteiger partial charge in [-0.05, 0) is 36.2 Å². The number of rotatable bonds is 5. The van der Waals surface area contributed by atoms with Gasteiger partial charge in [0.25, 0.3) is 12.3 Å². The van der Waals surface area contributed by atoms with Crippen molar-refractivity contribution in [1.29, 1.82) is 0 Å². The highest BCUT2D eigenvalue weighted by molar-refractivity contribution is 6.07. The third-order valence-corrected chi connectivity index (χ3v) is 4.19. The molecule has 0 saturated carbocycles. The van der Waals surface area contributed by atoms with Crippen LogP contribution >= 0.6 is 0 Å². The van der Waals surface area contributed by atoms with Crippen molar-refractivity contribution >= 4 is 11.6 Å². The minimum absolute atomic E-state index is 0.145. The smallest absolute Gasteiger partial charge is 0.282 e. The minimum Gasteiger partial charge on any atom is -0.496 e. The summed E-state index contributed by atoms with van der Waals surface area (Å²) in [6, 6.07) is 12.9. The number of ether oxygens (including phenoxy) is 1. The highest BCUT2D eigenvalue weighted by Crippen LogP contribution is 2.32. The number of methoxy groups -OCH3 is 1. The predicted octanol–water partition coefficient (Wildman–Crippen LogP) is 4.59. The molecule has 1 N–H and O–H groups in total. The van der Waals surface area contributed by atoms with Gasteiger partial charge in [-0.2, -0.15) is 5.10 Å². The molecule has 27 heavy (non-hydrogen) atoms. The molecule has 0 spiro atoms. The Hall–Kier alpha value is -3.22. The molecule has 0 aliphatic carbocycles. The van der Waals surface area contributed by atoms with E-state index < -0.39 is 18.0 Å². The van der Waals surface area contributed by atoms with Crippen LogP contribution in [0.1, 0.15) is 28.0 Å². The van der Waals surface area contributed by atoms with E-state index >= 15 is 0 Å². The molecule has 140 valence electrons. The second-order valence-corrected chi connectivity index (χ2v) is 6.09. The van der Waals surface area contributed by atoms with E-state index in [9.17, 15) is 13.6 Å². The van der Waals surface area contributed by atoms with E-state index in [1.807, 2.05) is 37.3 Å². The molecule has 2 aromatic carbocycles. The summed E-state index contributed by atoms with van der Waals surface area (Å²) in [5, 5.41) is 6.40. The lowest BCUT2D eigenvalue weighted by atomic mass is 10.0. The molecule has 0 fully saturated rings. The zero-order chi connectivity index (χ0) is 19.6. The van der Waals surface area contributed by atoms with Gasteiger partial charge in [0.15, 0.2) is 0 Å². The second-order valence-electron chi connectivity index (χ2n) is 6.09. The van der Waals surface area contributed by atoms with Gasteiger partial charge in [-0.3, -0.25) is 9.48 Å². The van der Waals surface area contributed by atoms with Gasteiger partial charge in [0.2, 0.25) is 0 Å². The van der Waals surface area contributed by atoms with Gasteiger partial charge in [-0.1, -0.05) is 24.3 Å². The molecule has 1 aromatic heterocycles. The molecular formula is C20H19F2N3O2. The number of amides is 1. The highest BCUT2D eigenvalue weighted by Gasteiger charge is 2.23. The number of carbonyl (C=O) groups is 1. The molecule has 3 rings (SSSR count). The summed E-state index contributed by atoms with van der Waals surface area (Å²) in [6.07, 6.45) is -1.54. The molecule has 7 heteroatoms. The second kappa shape index (κ2) is 7.57. The van der Waals surface area contributed by atoms with Gasteiger partial charge in [0.1, 0.15) is 11.4 Å². The monoisotopic (exact) mass is 371 g/mol. The highest BCUT2D eigenvalue weighted by atomic mass is 19.3. The van der Waals surface area contributed by atoms with Crippen molar-refractivity contribution in [2.45, 2.75) is 13.3 Å². The fraction of sp³-hybridized carbons (Fsp3) is 0.200. The lowest BCUT2D eigenvalue weighted by Crippen LogP contribution is -2.14. The Morgan fingerprint density at radius 2 is 1.96 bits per heavy atom. The third kappa shape index (κ3) is 3.81. The summed E-state index contributed by atoms with van der Waals surface area (Å²) in [7, 11) is 3.10. The Kier molecular flexibility index (Phi) is 5.21. The van der Waals surface area contributed by atoms with E-state index in [0.717, 1.165) is 22.4 Å². The minimum atomic E-state index is -2.83. The van der Waals surface area contributed by atoms with Crippen LogP contribution < -0.4 is 10.1 Å². The fourth-order valence-electron chi connectivity index (χ4n) is 2.92. The van der Waals surface area contributed by atoms with Crippen LogP contribution in [0.3, 0.4) is 0 Å². The van der Waals surface area contributed by atoms with Crippen LogP contribution in [-0.4, -0.2) is 22.8 Å². The maximum absolute atomic E-state index is 13.1. The van der Waals surface area contributed by atoms with Crippen molar-refractivity contribution in [2.75, 3.05) is 12.4 Å². The summed E-state index contributed by atoms with van der Waals surface area (Å²) in [5.74, 6) is 0.133. The van der Waals surface area contributed by atoms with E-state index in [1.54, 1.807) is 19.2 Å². The topological polar surface area (TPSA) is 56.1 Å². The van der Waals surface area contributed by atoms with Crippen LogP contribution in [0.15, 0.2) is 48.7 Å². The van der Waals surface area contributed by atoms with Gasteiger partial charge in [-0.25, -0.2) is 8.78 Å². The molecule has 1 heterocycles. The summed E-state index contributed by atoms with van der Waals surface area (Å²) in [4.78, 5) is 12.6. The van der Waals surface area contributed by atoms with Gasteiger partial charge in [0, 0.05) is 24.5 Å². The van der Waals surface area contributed by atoms with Crippen LogP contribution in [-0.2, 0) is 7.05 Å². The summed E-state index contributed by atoms with van der Waals surface area (Å²) >= 11 is 0. The molecule has 0 aliphatic heterocycles. The van der Waals surface area contributed by atoms with E-state index in [1.165, 1.54) is 17.9 Å². The van der Waals surface area contributed by atoms with E-state index in [-0.39, 0.29) is 5.56 Å². The SMILES string of the molecule is COc1ccc(-c2ccccc2NC(=O)c2cn(C)nc2C(F)F)cc1C. The van der Waals surface area contributed by atoms with Crippen LogP contribution in [0, 0.1) is 6.92 Å². The number of nitrogens with zero attached hydrogens (tertiary/aromatic N) is 2. The van der Waals surface area contributed by atoms with Crippen molar-refractivity contribution in [3.05, 3.63) is 65.5 Å². The van der Waals surface area contributed by atoms with Gasteiger partial charge < -0.3 is 10.1 Å². The van der Waals surface area contributed by atoms with E-state index in [4.69, 9.17) is 4.74 Å². The first-order valence-electron chi connectivity index (χ1n) is 8.27. The van der Waals surface area contributed by atoms with Gasteiger partial charge in [0.05, 0.1) is 12.7 Å². The Bertz CT molecular complexity index is 983. The predicted molar refractivity (Wildman–Crippen MR) is 99.3 cm³/mol. The van der Waals surface area contributed by atoms with Crippen molar-refractivity contribution in [1.82, 2.24) is 9.78 Å². The fourth-order valence-corrected chi connectivity index (χ4v) is 2.92. The van der Waals surface area contributed by atoms with Crippen molar-refractivity contribution in [3.63, 3.8) is 0 Å². The third-order valence-electron chi connectivity index (χ3n) is 4.19. The molecule has 0 saturated heterocycles. The van der Waals surface area contributed by atoms with Crippen LogP contribution in [0.5, 0.6) is 5.75 Å². The van der Waals surface area contributed by atoms with Crippen LogP contribution in [0.4, 0.5) is 14.5 Å². The number of nitrogens with one attached hydrogen (secondary N) is 1. The number of carbonyl (C=O) groups excluding carboxylic acids is 1. The lowest BCUT2D eigenvalue weighted by Gasteiger charge is -2.13. The van der Waals surface area contributed by atoms with Crippen molar-refractivity contribution in [3.8, 4) is 16.9 Å². The normalized spacial score (nSPS) is 10.9. The Labute approximate surface area is 155 Å². The molecule has 0 radical (unpaired) electrons. The molecule has 0 aliphatic rings.